The zero-order valence-electron chi connectivity index (χ0n) is 13.0. The molecule has 114 valence electrons. The van der Waals surface area contributed by atoms with E-state index in [9.17, 15) is 9.90 Å². The fraction of sp³-hybridized carbons (Fsp3) is 0.312. The van der Waals surface area contributed by atoms with Crippen LogP contribution < -0.4 is 5.56 Å². The first-order valence-electron chi connectivity index (χ1n) is 7.17. The Bertz CT molecular complexity index is 899. The van der Waals surface area contributed by atoms with Crippen molar-refractivity contribution in [3.63, 3.8) is 0 Å². The smallest absolute Gasteiger partial charge is 0.262 e. The third-order valence-electron chi connectivity index (χ3n) is 3.61. The van der Waals surface area contributed by atoms with Crippen molar-refractivity contribution in [3.05, 3.63) is 45.6 Å². The van der Waals surface area contributed by atoms with Crippen LogP contribution in [-0.4, -0.2) is 24.9 Å². The first-order chi connectivity index (χ1) is 10.4. The third-order valence-corrected chi connectivity index (χ3v) is 3.61. The number of fused-ring (bicyclic) bond motifs is 1. The Morgan fingerprint density at radius 1 is 1.27 bits per heavy atom. The molecule has 0 aliphatic rings. The summed E-state index contributed by atoms with van der Waals surface area (Å²) < 4.78 is 1.52. The van der Waals surface area contributed by atoms with Crippen molar-refractivity contribution >= 4 is 11.0 Å². The number of hydrogen-bond acceptors (Lipinski definition) is 4. The summed E-state index contributed by atoms with van der Waals surface area (Å²) in [5, 5.41) is 15.0. The van der Waals surface area contributed by atoms with Crippen LogP contribution in [0, 0.1) is 13.8 Å². The number of hydrogen-bond donors (Lipinski definition) is 2. The third kappa shape index (κ3) is 2.26. The van der Waals surface area contributed by atoms with Crippen LogP contribution in [0.3, 0.4) is 0 Å². The molecule has 2 N–H and O–H groups in total. The molecule has 0 aliphatic carbocycles. The Morgan fingerprint density at radius 2 is 2.00 bits per heavy atom. The van der Waals surface area contributed by atoms with Crippen LogP contribution in [0.25, 0.3) is 16.7 Å². The van der Waals surface area contributed by atoms with Crippen LogP contribution in [0.1, 0.15) is 36.7 Å². The maximum absolute atomic E-state index is 12.2. The Hall–Kier alpha value is -2.63. The molecule has 0 saturated carbocycles. The number of aromatic hydroxyl groups is 1. The quantitative estimate of drug-likeness (QED) is 0.761. The first kappa shape index (κ1) is 14.3. The molecule has 6 heteroatoms. The lowest BCUT2D eigenvalue weighted by molar-refractivity contribution is 0.469. The maximum atomic E-state index is 12.2. The molecule has 1 aromatic carbocycles. The lowest BCUT2D eigenvalue weighted by Gasteiger charge is -2.09. The predicted molar refractivity (Wildman–Crippen MR) is 84.7 cm³/mol. The second-order valence-electron chi connectivity index (χ2n) is 5.87. The van der Waals surface area contributed by atoms with Gasteiger partial charge in [-0.2, -0.15) is 0 Å². The van der Waals surface area contributed by atoms with E-state index in [1.165, 1.54) is 4.68 Å². The van der Waals surface area contributed by atoms with E-state index in [-0.39, 0.29) is 17.2 Å². The zero-order chi connectivity index (χ0) is 16.0. The second kappa shape index (κ2) is 4.98. The zero-order valence-corrected chi connectivity index (χ0v) is 13.0. The number of phenols is 1. The molecule has 3 aromatic rings. The van der Waals surface area contributed by atoms with Crippen molar-refractivity contribution in [3.8, 4) is 11.4 Å². The van der Waals surface area contributed by atoms with Gasteiger partial charge in [-0.25, -0.2) is 9.67 Å². The van der Waals surface area contributed by atoms with Crippen LogP contribution in [-0.2, 0) is 0 Å². The Labute approximate surface area is 127 Å². The van der Waals surface area contributed by atoms with Gasteiger partial charge in [0.25, 0.3) is 5.56 Å². The van der Waals surface area contributed by atoms with Gasteiger partial charge in [0.15, 0.2) is 5.65 Å². The Balaban J connectivity index is 2.26. The monoisotopic (exact) mass is 298 g/mol. The molecule has 0 spiro atoms. The number of aromatic nitrogens is 4. The van der Waals surface area contributed by atoms with Gasteiger partial charge in [-0.15, -0.1) is 5.10 Å². The Kier molecular flexibility index (Phi) is 3.24. The number of H-pyrrole nitrogens is 1. The van der Waals surface area contributed by atoms with E-state index in [2.05, 4.69) is 15.1 Å². The summed E-state index contributed by atoms with van der Waals surface area (Å²) in [4.78, 5) is 19.3. The highest BCUT2D eigenvalue weighted by Crippen LogP contribution is 2.27. The summed E-state index contributed by atoms with van der Waals surface area (Å²) >= 11 is 0. The van der Waals surface area contributed by atoms with Crippen molar-refractivity contribution in [2.24, 2.45) is 0 Å². The minimum Gasteiger partial charge on any atom is -0.506 e. The average molecular weight is 298 g/mol. The molecule has 22 heavy (non-hydrogen) atoms. The molecule has 0 saturated heterocycles. The number of nitrogens with zero attached hydrogens (tertiary/aromatic N) is 3. The van der Waals surface area contributed by atoms with Crippen LogP contribution in [0.15, 0.2) is 23.1 Å². The van der Waals surface area contributed by atoms with Gasteiger partial charge in [-0.05, 0) is 31.0 Å². The first-order valence-corrected chi connectivity index (χ1v) is 7.17. The largest absolute Gasteiger partial charge is 0.506 e. The van der Waals surface area contributed by atoms with E-state index in [1.54, 1.807) is 12.3 Å². The van der Waals surface area contributed by atoms with Crippen LogP contribution in [0.4, 0.5) is 0 Å². The summed E-state index contributed by atoms with van der Waals surface area (Å²) in [6.07, 6.45) is 1.60. The summed E-state index contributed by atoms with van der Waals surface area (Å²) in [5.74, 6) is 0.843. The van der Waals surface area contributed by atoms with Gasteiger partial charge < -0.3 is 10.1 Å². The lowest BCUT2D eigenvalue weighted by Crippen LogP contribution is -2.11. The standard InChI is InChI=1S/C16H18N4O2/c1-8(2)14-17-15-11(16(22)18-14)7-20(19-15)13-10(4)5-9(3)6-12(13)21/h5-8,21H,1-4H3,(H,17,18,19,22). The highest BCUT2D eigenvalue weighted by molar-refractivity contribution is 5.74. The average Bonchev–Trinajstić information content (AvgIpc) is 2.81. The van der Waals surface area contributed by atoms with Crippen molar-refractivity contribution in [1.29, 1.82) is 0 Å². The summed E-state index contributed by atoms with van der Waals surface area (Å²) in [5.41, 5.74) is 2.57. The highest BCUT2D eigenvalue weighted by atomic mass is 16.3. The summed E-state index contributed by atoms with van der Waals surface area (Å²) in [7, 11) is 0. The molecule has 2 heterocycles. The summed E-state index contributed by atoms with van der Waals surface area (Å²) in [6.45, 7) is 7.72. The summed E-state index contributed by atoms with van der Waals surface area (Å²) in [6, 6.07) is 3.63. The molecular weight excluding hydrogens is 280 g/mol. The predicted octanol–water partition coefficient (Wildman–Crippen LogP) is 2.55. The number of rotatable bonds is 2. The van der Waals surface area contributed by atoms with Crippen LogP contribution in [0.2, 0.25) is 0 Å². The fourth-order valence-electron chi connectivity index (χ4n) is 2.56. The van der Waals surface area contributed by atoms with Gasteiger partial charge in [0.05, 0.1) is 0 Å². The van der Waals surface area contributed by atoms with Crippen molar-refractivity contribution in [1.82, 2.24) is 19.7 Å². The molecule has 0 radical (unpaired) electrons. The molecule has 0 unspecified atom stereocenters. The number of aryl methyl sites for hydroxylation is 2. The topological polar surface area (TPSA) is 83.8 Å². The molecule has 0 aliphatic heterocycles. The van der Waals surface area contributed by atoms with E-state index in [1.807, 2.05) is 33.8 Å². The number of phenolic OH excluding ortho intramolecular Hbond substituents is 1. The molecule has 6 nitrogen and oxygen atoms in total. The SMILES string of the molecule is Cc1cc(C)c(-n2cc3c(=O)[nH]c(C(C)C)nc3n2)c(O)c1. The van der Waals surface area contributed by atoms with Gasteiger partial charge in [-0.3, -0.25) is 4.79 Å². The van der Waals surface area contributed by atoms with Crippen molar-refractivity contribution in [2.45, 2.75) is 33.6 Å². The van der Waals surface area contributed by atoms with E-state index < -0.39 is 0 Å². The molecule has 0 amide bonds. The minimum atomic E-state index is -0.218. The fourth-order valence-corrected chi connectivity index (χ4v) is 2.56. The Morgan fingerprint density at radius 3 is 2.64 bits per heavy atom. The second-order valence-corrected chi connectivity index (χ2v) is 5.87. The van der Waals surface area contributed by atoms with Crippen LogP contribution >= 0.6 is 0 Å². The van der Waals surface area contributed by atoms with Gasteiger partial charge in [-0.1, -0.05) is 19.9 Å². The van der Waals surface area contributed by atoms with Gasteiger partial charge in [0.1, 0.15) is 22.6 Å². The number of benzene rings is 1. The van der Waals surface area contributed by atoms with E-state index in [0.29, 0.717) is 22.5 Å². The van der Waals surface area contributed by atoms with Gasteiger partial charge in [0.2, 0.25) is 0 Å². The normalized spacial score (nSPS) is 11.5. The molecule has 0 atom stereocenters. The maximum Gasteiger partial charge on any atom is 0.262 e. The molecule has 3 rings (SSSR count). The molecule has 2 aromatic heterocycles. The highest BCUT2D eigenvalue weighted by Gasteiger charge is 2.15. The number of aromatic amines is 1. The molecule has 0 bridgehead atoms. The number of nitrogens with one attached hydrogen (secondary N) is 1. The minimum absolute atomic E-state index is 0.108. The van der Waals surface area contributed by atoms with E-state index in [0.717, 1.165) is 11.1 Å². The van der Waals surface area contributed by atoms with Crippen molar-refractivity contribution in [2.75, 3.05) is 0 Å². The molecular formula is C16H18N4O2. The van der Waals surface area contributed by atoms with Crippen LogP contribution in [0.5, 0.6) is 5.75 Å². The lowest BCUT2D eigenvalue weighted by atomic mass is 10.1. The van der Waals surface area contributed by atoms with E-state index in [4.69, 9.17) is 0 Å². The van der Waals surface area contributed by atoms with Gasteiger partial charge in [0, 0.05) is 12.1 Å². The van der Waals surface area contributed by atoms with E-state index >= 15 is 0 Å². The van der Waals surface area contributed by atoms with Crippen molar-refractivity contribution < 1.29 is 5.11 Å². The molecule has 0 fully saturated rings. The van der Waals surface area contributed by atoms with Gasteiger partial charge >= 0.3 is 0 Å².